The maximum atomic E-state index is 10.8. The average Bonchev–Trinajstić information content (AvgIpc) is 2.42. The Hall–Kier alpha value is -1.06. The molecule has 1 aromatic rings. The minimum absolute atomic E-state index is 0.0244. The number of rotatable bonds is 7. The molecule has 0 aliphatic rings. The van der Waals surface area contributed by atoms with Crippen LogP contribution in [-0.2, 0) is 0 Å². The molecular formula is C17H29NO2. The van der Waals surface area contributed by atoms with Crippen LogP contribution in [0.15, 0.2) is 18.2 Å². The Morgan fingerprint density at radius 3 is 2.30 bits per heavy atom. The molecule has 0 heterocycles. The van der Waals surface area contributed by atoms with Crippen LogP contribution in [0.3, 0.4) is 0 Å². The number of aliphatic hydroxyl groups is 1. The Labute approximate surface area is 123 Å². The number of hydrogen-bond acceptors (Lipinski definition) is 3. The van der Waals surface area contributed by atoms with Crippen molar-refractivity contribution in [3.05, 3.63) is 29.3 Å². The molecule has 0 spiro atoms. The number of nitrogens with one attached hydrogen (secondary N) is 1. The van der Waals surface area contributed by atoms with Gasteiger partial charge in [0.2, 0.25) is 0 Å². The molecule has 2 N–H and O–H groups in total. The van der Waals surface area contributed by atoms with Crippen LogP contribution in [0.4, 0.5) is 0 Å². The molecule has 3 heteroatoms. The van der Waals surface area contributed by atoms with Gasteiger partial charge in [-0.1, -0.05) is 40.7 Å². The van der Waals surface area contributed by atoms with E-state index in [9.17, 15) is 5.11 Å². The van der Waals surface area contributed by atoms with E-state index in [4.69, 9.17) is 4.74 Å². The SMILES string of the molecule is CCNC(C(C)C)C(O)c1cc(C(C)C)ccc1OC. The van der Waals surface area contributed by atoms with Gasteiger partial charge < -0.3 is 15.2 Å². The lowest BCUT2D eigenvalue weighted by Crippen LogP contribution is -2.39. The highest BCUT2D eigenvalue weighted by Gasteiger charge is 2.26. The predicted molar refractivity (Wildman–Crippen MR) is 84.3 cm³/mol. The van der Waals surface area contributed by atoms with Crippen LogP contribution in [0.25, 0.3) is 0 Å². The molecule has 2 unspecified atom stereocenters. The average molecular weight is 279 g/mol. The van der Waals surface area contributed by atoms with Crippen LogP contribution in [0.1, 0.15) is 57.8 Å². The summed E-state index contributed by atoms with van der Waals surface area (Å²) >= 11 is 0. The molecule has 0 radical (unpaired) electrons. The molecule has 0 aliphatic heterocycles. The van der Waals surface area contributed by atoms with Gasteiger partial charge in [-0.25, -0.2) is 0 Å². The number of hydrogen-bond donors (Lipinski definition) is 2. The summed E-state index contributed by atoms with van der Waals surface area (Å²) in [5.41, 5.74) is 2.09. The van der Waals surface area contributed by atoms with Crippen molar-refractivity contribution >= 4 is 0 Å². The van der Waals surface area contributed by atoms with Gasteiger partial charge in [-0.05, 0) is 36.1 Å². The van der Waals surface area contributed by atoms with E-state index in [1.807, 2.05) is 6.07 Å². The molecular weight excluding hydrogens is 250 g/mol. The van der Waals surface area contributed by atoms with Crippen molar-refractivity contribution in [2.75, 3.05) is 13.7 Å². The highest BCUT2D eigenvalue weighted by atomic mass is 16.5. The van der Waals surface area contributed by atoms with E-state index in [-0.39, 0.29) is 6.04 Å². The summed E-state index contributed by atoms with van der Waals surface area (Å²) in [4.78, 5) is 0. The Balaban J connectivity index is 3.16. The molecule has 0 saturated carbocycles. The zero-order valence-electron chi connectivity index (χ0n) is 13.6. The first-order valence-corrected chi connectivity index (χ1v) is 7.51. The highest BCUT2D eigenvalue weighted by Crippen LogP contribution is 2.32. The highest BCUT2D eigenvalue weighted by molar-refractivity contribution is 5.40. The quantitative estimate of drug-likeness (QED) is 0.803. The second kappa shape index (κ2) is 7.65. The summed E-state index contributed by atoms with van der Waals surface area (Å²) in [6.07, 6.45) is -0.566. The molecule has 114 valence electrons. The monoisotopic (exact) mass is 279 g/mol. The van der Waals surface area contributed by atoms with Gasteiger partial charge >= 0.3 is 0 Å². The number of ether oxygens (including phenoxy) is 1. The Morgan fingerprint density at radius 1 is 1.20 bits per heavy atom. The molecule has 0 fully saturated rings. The van der Waals surface area contributed by atoms with Crippen molar-refractivity contribution in [2.24, 2.45) is 5.92 Å². The van der Waals surface area contributed by atoms with Crippen molar-refractivity contribution in [3.63, 3.8) is 0 Å². The summed E-state index contributed by atoms with van der Waals surface area (Å²) in [6, 6.07) is 6.12. The maximum absolute atomic E-state index is 10.8. The molecule has 0 bridgehead atoms. The number of benzene rings is 1. The first-order valence-electron chi connectivity index (χ1n) is 7.51. The topological polar surface area (TPSA) is 41.5 Å². The van der Waals surface area contributed by atoms with Crippen molar-refractivity contribution in [1.82, 2.24) is 5.32 Å². The molecule has 2 atom stereocenters. The fourth-order valence-corrected chi connectivity index (χ4v) is 2.48. The van der Waals surface area contributed by atoms with Crippen LogP contribution in [0.5, 0.6) is 5.75 Å². The molecule has 0 aliphatic carbocycles. The second-order valence-electron chi connectivity index (χ2n) is 5.93. The van der Waals surface area contributed by atoms with Gasteiger partial charge in [-0.15, -0.1) is 0 Å². The molecule has 3 nitrogen and oxygen atoms in total. The summed E-state index contributed by atoms with van der Waals surface area (Å²) < 4.78 is 5.42. The van der Waals surface area contributed by atoms with Crippen LogP contribution in [0, 0.1) is 5.92 Å². The largest absolute Gasteiger partial charge is 0.496 e. The first-order chi connectivity index (χ1) is 9.42. The van der Waals surface area contributed by atoms with Crippen molar-refractivity contribution < 1.29 is 9.84 Å². The van der Waals surface area contributed by atoms with Gasteiger partial charge in [0.1, 0.15) is 5.75 Å². The van der Waals surface area contributed by atoms with E-state index < -0.39 is 6.10 Å². The van der Waals surface area contributed by atoms with Crippen LogP contribution >= 0.6 is 0 Å². The first kappa shape index (κ1) is 17.0. The van der Waals surface area contributed by atoms with Gasteiger partial charge in [0, 0.05) is 11.6 Å². The van der Waals surface area contributed by atoms with Crippen LogP contribution < -0.4 is 10.1 Å². The molecule has 0 amide bonds. The second-order valence-corrected chi connectivity index (χ2v) is 5.93. The number of aliphatic hydroxyl groups excluding tert-OH is 1. The fourth-order valence-electron chi connectivity index (χ4n) is 2.48. The van der Waals surface area contributed by atoms with E-state index in [2.05, 4.69) is 52.1 Å². The van der Waals surface area contributed by atoms with Gasteiger partial charge in [-0.2, -0.15) is 0 Å². The molecule has 0 saturated heterocycles. The van der Waals surface area contributed by atoms with Crippen LogP contribution in [-0.4, -0.2) is 24.8 Å². The standard InChI is InChI=1S/C17H29NO2/c1-7-18-16(12(4)5)17(19)14-10-13(11(2)3)8-9-15(14)20-6/h8-12,16-19H,7H2,1-6H3. The normalized spacial score (nSPS) is 14.7. The third-order valence-electron chi connectivity index (χ3n) is 3.74. The van der Waals surface area contributed by atoms with E-state index >= 15 is 0 Å². The van der Waals surface area contributed by atoms with E-state index in [1.54, 1.807) is 7.11 Å². The van der Waals surface area contributed by atoms with E-state index in [0.29, 0.717) is 11.8 Å². The van der Waals surface area contributed by atoms with Crippen LogP contribution in [0.2, 0.25) is 0 Å². The lowest BCUT2D eigenvalue weighted by atomic mass is 9.90. The third kappa shape index (κ3) is 3.97. The number of likely N-dealkylation sites (N-methyl/N-ethyl adjacent to an activating group) is 1. The maximum Gasteiger partial charge on any atom is 0.124 e. The van der Waals surface area contributed by atoms with E-state index in [0.717, 1.165) is 17.9 Å². The van der Waals surface area contributed by atoms with Crippen molar-refractivity contribution in [1.29, 1.82) is 0 Å². The summed E-state index contributed by atoms with van der Waals surface area (Å²) in [7, 11) is 1.65. The zero-order valence-corrected chi connectivity index (χ0v) is 13.6. The minimum Gasteiger partial charge on any atom is -0.496 e. The lowest BCUT2D eigenvalue weighted by Gasteiger charge is -2.29. The Kier molecular flexibility index (Phi) is 6.50. The van der Waals surface area contributed by atoms with E-state index in [1.165, 1.54) is 5.56 Å². The van der Waals surface area contributed by atoms with Crippen molar-refractivity contribution in [3.8, 4) is 5.75 Å². The minimum atomic E-state index is -0.566. The van der Waals surface area contributed by atoms with Gasteiger partial charge in [0.05, 0.1) is 13.2 Å². The Morgan fingerprint density at radius 2 is 1.85 bits per heavy atom. The molecule has 20 heavy (non-hydrogen) atoms. The zero-order chi connectivity index (χ0) is 15.3. The van der Waals surface area contributed by atoms with Gasteiger partial charge in [-0.3, -0.25) is 0 Å². The molecule has 1 rings (SSSR count). The summed E-state index contributed by atoms with van der Waals surface area (Å²) in [6.45, 7) is 11.4. The molecule has 0 aromatic heterocycles. The summed E-state index contributed by atoms with van der Waals surface area (Å²) in [5.74, 6) is 1.53. The fraction of sp³-hybridized carbons (Fsp3) is 0.647. The lowest BCUT2D eigenvalue weighted by molar-refractivity contribution is 0.103. The Bertz CT molecular complexity index is 415. The number of methoxy groups -OCH3 is 1. The third-order valence-corrected chi connectivity index (χ3v) is 3.74. The van der Waals surface area contributed by atoms with Gasteiger partial charge in [0.25, 0.3) is 0 Å². The smallest absolute Gasteiger partial charge is 0.124 e. The predicted octanol–water partition coefficient (Wildman–Crippen LogP) is 3.49. The summed E-state index contributed by atoms with van der Waals surface area (Å²) in [5, 5.41) is 14.1. The molecule has 1 aromatic carbocycles. The van der Waals surface area contributed by atoms with Gasteiger partial charge in [0.15, 0.2) is 0 Å². The van der Waals surface area contributed by atoms with Crippen molar-refractivity contribution in [2.45, 2.75) is 52.7 Å².